The number of piperidine rings is 1. The van der Waals surface area contributed by atoms with Crippen LogP contribution >= 0.6 is 0 Å². The smallest absolute Gasteiger partial charge is 0.260 e. The first-order chi connectivity index (χ1) is 20.3. The molecular formula is C31H38N8O3. The number of nitrogens with one attached hydrogen (secondary N) is 1. The SMILES string of the molecule is COc1ccc(C(=O)N2CCC(N3CCN(C)CC3)CC2)cc1Nc1ncc2c(n1)N(C)c1ccccc1C(=O)N2C. The van der Waals surface area contributed by atoms with Crippen LogP contribution in [-0.4, -0.2) is 110 Å². The zero-order valence-corrected chi connectivity index (χ0v) is 24.7. The number of likely N-dealkylation sites (tertiary alicyclic amines) is 1. The molecule has 0 radical (unpaired) electrons. The third kappa shape index (κ3) is 5.25. The molecule has 1 aromatic heterocycles. The number of carbonyl (C=O) groups is 2. The topological polar surface area (TPSA) is 97.4 Å². The first-order valence-electron chi connectivity index (χ1n) is 14.5. The highest BCUT2D eigenvalue weighted by Crippen LogP contribution is 2.38. The molecule has 2 aromatic carbocycles. The molecule has 220 valence electrons. The lowest BCUT2D eigenvalue weighted by Crippen LogP contribution is -2.52. The Kier molecular flexibility index (Phi) is 7.70. The molecule has 42 heavy (non-hydrogen) atoms. The van der Waals surface area contributed by atoms with Gasteiger partial charge in [0.1, 0.15) is 11.4 Å². The predicted molar refractivity (Wildman–Crippen MR) is 164 cm³/mol. The van der Waals surface area contributed by atoms with Gasteiger partial charge in [-0.1, -0.05) is 12.1 Å². The molecule has 3 aliphatic heterocycles. The maximum Gasteiger partial charge on any atom is 0.260 e. The minimum absolute atomic E-state index is 0.0110. The van der Waals surface area contributed by atoms with E-state index in [9.17, 15) is 9.59 Å². The Morgan fingerprint density at radius 1 is 0.929 bits per heavy atom. The van der Waals surface area contributed by atoms with E-state index in [1.54, 1.807) is 37.4 Å². The summed E-state index contributed by atoms with van der Waals surface area (Å²) in [6, 6.07) is 13.4. The number of carbonyl (C=O) groups excluding carboxylic acids is 2. The van der Waals surface area contributed by atoms with E-state index >= 15 is 0 Å². The van der Waals surface area contributed by atoms with Gasteiger partial charge in [0.2, 0.25) is 5.95 Å². The Bertz CT molecular complexity index is 1480. The quantitative estimate of drug-likeness (QED) is 0.495. The van der Waals surface area contributed by atoms with Gasteiger partial charge in [0.15, 0.2) is 5.82 Å². The van der Waals surface area contributed by atoms with Crippen molar-refractivity contribution in [2.45, 2.75) is 18.9 Å². The number of anilines is 5. The minimum Gasteiger partial charge on any atom is -0.495 e. The van der Waals surface area contributed by atoms with Gasteiger partial charge in [-0.25, -0.2) is 4.98 Å². The summed E-state index contributed by atoms with van der Waals surface area (Å²) in [5, 5.41) is 3.26. The maximum absolute atomic E-state index is 13.5. The zero-order valence-electron chi connectivity index (χ0n) is 24.7. The lowest BCUT2D eigenvalue weighted by atomic mass is 10.0. The largest absolute Gasteiger partial charge is 0.495 e. The molecule has 1 N–H and O–H groups in total. The van der Waals surface area contributed by atoms with Crippen molar-refractivity contribution >= 4 is 40.6 Å². The van der Waals surface area contributed by atoms with Crippen molar-refractivity contribution in [2.24, 2.45) is 0 Å². The molecule has 2 fully saturated rings. The number of ether oxygens (including phenoxy) is 1. The number of fused-ring (bicyclic) bond motifs is 2. The van der Waals surface area contributed by atoms with E-state index in [0.717, 1.165) is 57.8 Å². The van der Waals surface area contributed by atoms with Crippen LogP contribution < -0.4 is 19.9 Å². The number of amides is 2. The van der Waals surface area contributed by atoms with Crippen LogP contribution in [0, 0.1) is 0 Å². The van der Waals surface area contributed by atoms with Gasteiger partial charge in [0, 0.05) is 65.0 Å². The highest BCUT2D eigenvalue weighted by molar-refractivity contribution is 6.13. The molecule has 3 aromatic rings. The number of piperazine rings is 1. The van der Waals surface area contributed by atoms with Gasteiger partial charge in [0.05, 0.1) is 30.2 Å². The summed E-state index contributed by atoms with van der Waals surface area (Å²) in [5.74, 6) is 1.38. The van der Waals surface area contributed by atoms with Crippen molar-refractivity contribution in [3.8, 4) is 5.75 Å². The van der Waals surface area contributed by atoms with E-state index in [1.165, 1.54) is 0 Å². The number of methoxy groups -OCH3 is 1. The molecule has 0 bridgehead atoms. The summed E-state index contributed by atoms with van der Waals surface area (Å²) in [6.07, 6.45) is 3.62. The lowest BCUT2D eigenvalue weighted by Gasteiger charge is -2.42. The normalized spacial score (nSPS) is 18.4. The molecule has 2 amide bonds. The Hall–Kier alpha value is -4.22. The fraction of sp³-hybridized carbons (Fsp3) is 0.419. The van der Waals surface area contributed by atoms with E-state index in [-0.39, 0.29) is 11.8 Å². The second-order valence-corrected chi connectivity index (χ2v) is 11.2. The highest BCUT2D eigenvalue weighted by atomic mass is 16.5. The van der Waals surface area contributed by atoms with Crippen LogP contribution in [0.15, 0.2) is 48.7 Å². The van der Waals surface area contributed by atoms with Crippen LogP contribution in [0.2, 0.25) is 0 Å². The molecule has 11 nitrogen and oxygen atoms in total. The second kappa shape index (κ2) is 11.6. The van der Waals surface area contributed by atoms with Crippen LogP contribution in [0.1, 0.15) is 33.6 Å². The monoisotopic (exact) mass is 570 g/mol. The van der Waals surface area contributed by atoms with Gasteiger partial charge < -0.3 is 29.7 Å². The van der Waals surface area contributed by atoms with E-state index < -0.39 is 0 Å². The molecule has 4 heterocycles. The van der Waals surface area contributed by atoms with Gasteiger partial charge in [-0.3, -0.25) is 14.5 Å². The summed E-state index contributed by atoms with van der Waals surface area (Å²) in [5.41, 5.74) is 3.13. The number of aromatic nitrogens is 2. The third-order valence-electron chi connectivity index (χ3n) is 8.73. The molecule has 0 unspecified atom stereocenters. The van der Waals surface area contributed by atoms with Crippen LogP contribution in [0.3, 0.4) is 0 Å². The Labute approximate surface area is 246 Å². The minimum atomic E-state index is -0.124. The number of para-hydroxylation sites is 1. The molecule has 6 rings (SSSR count). The molecule has 2 saturated heterocycles. The fourth-order valence-electron chi connectivity index (χ4n) is 6.12. The first kappa shape index (κ1) is 27.9. The molecule has 0 atom stereocenters. The van der Waals surface area contributed by atoms with E-state index in [1.807, 2.05) is 47.2 Å². The molecule has 0 aliphatic carbocycles. The van der Waals surface area contributed by atoms with Crippen LogP contribution in [0.5, 0.6) is 5.75 Å². The van der Waals surface area contributed by atoms with E-state index in [4.69, 9.17) is 9.72 Å². The third-order valence-corrected chi connectivity index (χ3v) is 8.73. The zero-order chi connectivity index (χ0) is 29.4. The second-order valence-electron chi connectivity index (χ2n) is 11.2. The summed E-state index contributed by atoms with van der Waals surface area (Å²) in [6.45, 7) is 5.90. The number of benzene rings is 2. The highest BCUT2D eigenvalue weighted by Gasteiger charge is 2.30. The molecular weight excluding hydrogens is 532 g/mol. The lowest BCUT2D eigenvalue weighted by molar-refractivity contribution is 0.0518. The van der Waals surface area contributed by atoms with Crippen molar-refractivity contribution in [3.63, 3.8) is 0 Å². The average Bonchev–Trinajstić information content (AvgIpc) is 3.10. The number of nitrogens with zero attached hydrogens (tertiary/aromatic N) is 7. The average molecular weight is 571 g/mol. The van der Waals surface area contributed by atoms with Crippen LogP contribution in [-0.2, 0) is 0 Å². The summed E-state index contributed by atoms with van der Waals surface area (Å²) < 4.78 is 5.60. The summed E-state index contributed by atoms with van der Waals surface area (Å²) in [4.78, 5) is 46.3. The number of likely N-dealkylation sites (N-methyl/N-ethyl adjacent to an activating group) is 1. The van der Waals surface area contributed by atoms with Crippen LogP contribution in [0.4, 0.5) is 28.8 Å². The van der Waals surface area contributed by atoms with Crippen molar-refractivity contribution in [3.05, 3.63) is 59.8 Å². The van der Waals surface area contributed by atoms with Gasteiger partial charge in [0.25, 0.3) is 11.8 Å². The predicted octanol–water partition coefficient (Wildman–Crippen LogP) is 3.44. The molecule has 0 saturated carbocycles. The van der Waals surface area contributed by atoms with Gasteiger partial charge in [-0.05, 0) is 50.2 Å². The van der Waals surface area contributed by atoms with Crippen molar-refractivity contribution < 1.29 is 14.3 Å². The maximum atomic E-state index is 13.5. The van der Waals surface area contributed by atoms with E-state index in [0.29, 0.717) is 46.1 Å². The van der Waals surface area contributed by atoms with Crippen molar-refractivity contribution in [1.29, 1.82) is 0 Å². The van der Waals surface area contributed by atoms with Gasteiger partial charge >= 0.3 is 0 Å². The Morgan fingerprint density at radius 3 is 2.40 bits per heavy atom. The standard InChI is InChI=1S/C31H38N8O3/c1-35-15-17-38(18-16-35)22-11-13-39(14-12-22)29(40)21-9-10-27(42-4)24(19-21)33-31-32-20-26-28(34-31)36(2)25-8-6-5-7-23(25)30(41)37(26)3/h5-10,19-20,22H,11-18H2,1-4H3,(H,32,33,34). The Balaban J connectivity index is 1.20. The summed E-state index contributed by atoms with van der Waals surface area (Å²) in [7, 11) is 7.37. The molecule has 0 spiro atoms. The number of hydrogen-bond acceptors (Lipinski definition) is 9. The first-order valence-corrected chi connectivity index (χ1v) is 14.5. The van der Waals surface area contributed by atoms with Crippen LogP contribution in [0.25, 0.3) is 0 Å². The van der Waals surface area contributed by atoms with Crippen molar-refractivity contribution in [1.82, 2.24) is 24.7 Å². The fourth-order valence-corrected chi connectivity index (χ4v) is 6.12. The van der Waals surface area contributed by atoms with Gasteiger partial charge in [-0.2, -0.15) is 4.98 Å². The van der Waals surface area contributed by atoms with E-state index in [2.05, 4.69) is 27.1 Å². The van der Waals surface area contributed by atoms with Crippen molar-refractivity contribution in [2.75, 3.05) is 82.6 Å². The molecule has 3 aliphatic rings. The number of hydrogen-bond donors (Lipinski definition) is 1. The summed E-state index contributed by atoms with van der Waals surface area (Å²) >= 11 is 0. The molecule has 11 heteroatoms. The Morgan fingerprint density at radius 2 is 1.67 bits per heavy atom. The number of rotatable bonds is 5. The van der Waals surface area contributed by atoms with Gasteiger partial charge in [-0.15, -0.1) is 0 Å².